The molecule has 0 fully saturated rings. The SMILES string of the molecule is O=C(Cc1ccc(Br)cn1)N1CCc2ccccc21. The van der Waals surface area contributed by atoms with E-state index in [9.17, 15) is 4.79 Å². The smallest absolute Gasteiger partial charge is 0.233 e. The Balaban J connectivity index is 1.77. The standard InChI is InChI=1S/C15H13BrN2O/c16-12-5-6-13(17-10-12)9-15(19)18-8-7-11-3-1-2-4-14(11)18/h1-6,10H,7-9H2. The van der Waals surface area contributed by atoms with Crippen molar-refractivity contribution < 1.29 is 4.79 Å². The summed E-state index contributed by atoms with van der Waals surface area (Å²) in [6.07, 6.45) is 3.01. The Kier molecular flexibility index (Phi) is 3.34. The number of nitrogens with zero attached hydrogens (tertiary/aromatic N) is 2. The van der Waals surface area contributed by atoms with Crippen molar-refractivity contribution in [1.29, 1.82) is 0 Å². The van der Waals surface area contributed by atoms with Crippen LogP contribution in [0.25, 0.3) is 0 Å². The van der Waals surface area contributed by atoms with Crippen LogP contribution < -0.4 is 4.90 Å². The van der Waals surface area contributed by atoms with Gasteiger partial charge < -0.3 is 4.90 Å². The third kappa shape index (κ3) is 2.54. The minimum Gasteiger partial charge on any atom is -0.311 e. The number of fused-ring (bicyclic) bond motifs is 1. The number of aromatic nitrogens is 1. The first-order valence-corrected chi connectivity index (χ1v) is 7.02. The highest BCUT2D eigenvalue weighted by Gasteiger charge is 2.24. The third-order valence-corrected chi connectivity index (χ3v) is 3.78. The van der Waals surface area contributed by atoms with Crippen molar-refractivity contribution >= 4 is 27.5 Å². The van der Waals surface area contributed by atoms with Crippen molar-refractivity contribution in [2.45, 2.75) is 12.8 Å². The summed E-state index contributed by atoms with van der Waals surface area (Å²) in [6, 6.07) is 11.9. The zero-order valence-corrected chi connectivity index (χ0v) is 11.9. The molecule has 1 aromatic heterocycles. The molecule has 2 heterocycles. The van der Waals surface area contributed by atoms with E-state index in [0.717, 1.165) is 28.8 Å². The van der Waals surface area contributed by atoms with Crippen LogP contribution in [0.5, 0.6) is 0 Å². The maximum atomic E-state index is 12.3. The van der Waals surface area contributed by atoms with Crippen LogP contribution >= 0.6 is 15.9 Å². The molecule has 0 radical (unpaired) electrons. The number of pyridine rings is 1. The maximum absolute atomic E-state index is 12.3. The third-order valence-electron chi connectivity index (χ3n) is 3.31. The van der Waals surface area contributed by atoms with Crippen LogP contribution in [0.1, 0.15) is 11.3 Å². The summed E-state index contributed by atoms with van der Waals surface area (Å²) in [5.74, 6) is 0.111. The van der Waals surface area contributed by atoms with E-state index in [2.05, 4.69) is 27.0 Å². The van der Waals surface area contributed by atoms with Crippen LogP contribution in [-0.2, 0) is 17.6 Å². The molecule has 4 heteroatoms. The molecule has 3 rings (SSSR count). The number of benzene rings is 1. The lowest BCUT2D eigenvalue weighted by Crippen LogP contribution is -2.30. The van der Waals surface area contributed by atoms with Gasteiger partial charge in [-0.25, -0.2) is 0 Å². The lowest BCUT2D eigenvalue weighted by atomic mass is 10.2. The van der Waals surface area contributed by atoms with Crippen molar-refractivity contribution in [1.82, 2.24) is 4.98 Å². The highest BCUT2D eigenvalue weighted by Crippen LogP contribution is 2.27. The number of carbonyl (C=O) groups is 1. The topological polar surface area (TPSA) is 33.2 Å². The van der Waals surface area contributed by atoms with E-state index in [1.54, 1.807) is 6.20 Å². The van der Waals surface area contributed by atoms with Gasteiger partial charge in [-0.1, -0.05) is 18.2 Å². The van der Waals surface area contributed by atoms with Crippen LogP contribution in [0, 0.1) is 0 Å². The van der Waals surface area contributed by atoms with E-state index >= 15 is 0 Å². The molecule has 2 aromatic rings. The molecule has 1 amide bonds. The molecule has 0 saturated carbocycles. The summed E-state index contributed by atoms with van der Waals surface area (Å²) in [6.45, 7) is 0.773. The molecule has 96 valence electrons. The second-order valence-corrected chi connectivity index (χ2v) is 5.48. The average Bonchev–Trinajstić information content (AvgIpc) is 2.85. The van der Waals surface area contributed by atoms with E-state index in [-0.39, 0.29) is 5.91 Å². The normalized spacial score (nSPS) is 13.4. The summed E-state index contributed by atoms with van der Waals surface area (Å²) in [4.78, 5) is 18.4. The fraction of sp³-hybridized carbons (Fsp3) is 0.200. The predicted octanol–water partition coefficient (Wildman–Crippen LogP) is 2.98. The highest BCUT2D eigenvalue weighted by molar-refractivity contribution is 9.10. The van der Waals surface area contributed by atoms with E-state index < -0.39 is 0 Å². The Bertz CT molecular complexity index is 610. The minimum atomic E-state index is 0.111. The van der Waals surface area contributed by atoms with Crippen LogP contribution in [-0.4, -0.2) is 17.4 Å². The molecule has 0 aliphatic carbocycles. The van der Waals surface area contributed by atoms with Gasteiger partial charge in [0.05, 0.1) is 6.42 Å². The minimum absolute atomic E-state index is 0.111. The van der Waals surface area contributed by atoms with E-state index in [4.69, 9.17) is 0 Å². The Morgan fingerprint density at radius 2 is 2.11 bits per heavy atom. The molecule has 0 atom stereocenters. The van der Waals surface area contributed by atoms with Gasteiger partial charge in [-0.3, -0.25) is 9.78 Å². The zero-order valence-electron chi connectivity index (χ0n) is 10.3. The van der Waals surface area contributed by atoms with Gasteiger partial charge in [-0.05, 0) is 46.1 Å². The number of amides is 1. The fourth-order valence-corrected chi connectivity index (χ4v) is 2.59. The number of hydrogen-bond donors (Lipinski definition) is 0. The maximum Gasteiger partial charge on any atom is 0.233 e. The molecular formula is C15H13BrN2O. The average molecular weight is 317 g/mol. The van der Waals surface area contributed by atoms with Gasteiger partial charge >= 0.3 is 0 Å². The second kappa shape index (κ2) is 5.13. The Labute approximate surface area is 120 Å². The van der Waals surface area contributed by atoms with Crippen LogP contribution in [0.2, 0.25) is 0 Å². The lowest BCUT2D eigenvalue weighted by molar-refractivity contribution is -0.117. The molecule has 0 unspecified atom stereocenters. The van der Waals surface area contributed by atoms with Gasteiger partial charge in [-0.15, -0.1) is 0 Å². The van der Waals surface area contributed by atoms with Gasteiger partial charge in [0.1, 0.15) is 0 Å². The van der Waals surface area contributed by atoms with Crippen molar-refractivity contribution in [2.75, 3.05) is 11.4 Å². The molecule has 0 spiro atoms. The first-order chi connectivity index (χ1) is 9.24. The second-order valence-electron chi connectivity index (χ2n) is 4.57. The van der Waals surface area contributed by atoms with E-state index in [0.29, 0.717) is 6.42 Å². The molecule has 1 aliphatic rings. The van der Waals surface area contributed by atoms with Gasteiger partial charge in [-0.2, -0.15) is 0 Å². The van der Waals surface area contributed by atoms with Crippen molar-refractivity contribution in [2.24, 2.45) is 0 Å². The van der Waals surface area contributed by atoms with Gasteiger partial charge in [0, 0.05) is 28.6 Å². The van der Waals surface area contributed by atoms with Crippen LogP contribution in [0.3, 0.4) is 0 Å². The molecule has 0 N–H and O–H groups in total. The monoisotopic (exact) mass is 316 g/mol. The van der Waals surface area contributed by atoms with Gasteiger partial charge in [0.15, 0.2) is 0 Å². The number of para-hydroxylation sites is 1. The van der Waals surface area contributed by atoms with Crippen molar-refractivity contribution in [3.05, 3.63) is 58.3 Å². The Hall–Kier alpha value is -1.68. The van der Waals surface area contributed by atoms with Crippen LogP contribution in [0.15, 0.2) is 47.1 Å². The molecule has 0 saturated heterocycles. The Morgan fingerprint density at radius 1 is 1.26 bits per heavy atom. The summed E-state index contributed by atoms with van der Waals surface area (Å²) in [7, 11) is 0. The largest absolute Gasteiger partial charge is 0.311 e. The molecule has 1 aromatic carbocycles. The molecule has 19 heavy (non-hydrogen) atoms. The first-order valence-electron chi connectivity index (χ1n) is 6.23. The lowest BCUT2D eigenvalue weighted by Gasteiger charge is -2.17. The molecular weight excluding hydrogens is 304 g/mol. The molecule has 0 bridgehead atoms. The van der Waals surface area contributed by atoms with Gasteiger partial charge in [0.25, 0.3) is 0 Å². The number of rotatable bonds is 2. The zero-order chi connectivity index (χ0) is 13.2. The number of hydrogen-bond acceptors (Lipinski definition) is 2. The van der Waals surface area contributed by atoms with Gasteiger partial charge in [0.2, 0.25) is 5.91 Å². The number of carbonyl (C=O) groups excluding carboxylic acids is 1. The summed E-state index contributed by atoms with van der Waals surface area (Å²) in [5.41, 5.74) is 3.10. The summed E-state index contributed by atoms with van der Waals surface area (Å²) in [5, 5.41) is 0. The summed E-state index contributed by atoms with van der Waals surface area (Å²) >= 11 is 3.34. The van der Waals surface area contributed by atoms with E-state index in [1.165, 1.54) is 5.56 Å². The highest BCUT2D eigenvalue weighted by atomic mass is 79.9. The van der Waals surface area contributed by atoms with Crippen LogP contribution in [0.4, 0.5) is 5.69 Å². The van der Waals surface area contributed by atoms with E-state index in [1.807, 2.05) is 35.2 Å². The first kappa shape index (κ1) is 12.4. The number of anilines is 1. The quantitative estimate of drug-likeness (QED) is 0.853. The summed E-state index contributed by atoms with van der Waals surface area (Å²) < 4.78 is 0.926. The predicted molar refractivity (Wildman–Crippen MR) is 78.1 cm³/mol. The Morgan fingerprint density at radius 3 is 2.89 bits per heavy atom. The van der Waals surface area contributed by atoms with Crippen molar-refractivity contribution in [3.8, 4) is 0 Å². The van der Waals surface area contributed by atoms with Crippen molar-refractivity contribution in [3.63, 3.8) is 0 Å². The molecule has 3 nitrogen and oxygen atoms in total. The molecule has 1 aliphatic heterocycles. The number of halogens is 1. The fourth-order valence-electron chi connectivity index (χ4n) is 2.36.